The van der Waals surface area contributed by atoms with Gasteiger partial charge in [0.1, 0.15) is 0 Å². The molecule has 0 radical (unpaired) electrons. The molecule has 132 valence electrons. The van der Waals surface area contributed by atoms with Crippen molar-refractivity contribution < 1.29 is 17.9 Å². The van der Waals surface area contributed by atoms with Crippen molar-refractivity contribution >= 4 is 16.3 Å². The summed E-state index contributed by atoms with van der Waals surface area (Å²) in [6.07, 6.45) is -3.04. The molecule has 0 saturated carbocycles. The normalized spacial score (nSPS) is 12.0. The second kappa shape index (κ2) is 5.62. The van der Waals surface area contributed by atoms with Crippen LogP contribution in [0.2, 0.25) is 0 Å². The van der Waals surface area contributed by atoms with Crippen LogP contribution < -0.4 is 10.3 Å². The Morgan fingerprint density at radius 3 is 2.65 bits per heavy atom. The van der Waals surface area contributed by atoms with Crippen molar-refractivity contribution in [2.45, 2.75) is 6.18 Å². The van der Waals surface area contributed by atoms with E-state index in [0.717, 1.165) is 10.6 Å². The van der Waals surface area contributed by atoms with Gasteiger partial charge in [-0.15, -0.1) is 0 Å². The molecule has 0 aliphatic heterocycles. The molecule has 3 heterocycles. The average Bonchev–Trinajstić information content (AvgIpc) is 3.06. The second-order valence-electron chi connectivity index (χ2n) is 5.72. The first-order chi connectivity index (χ1) is 12.4. The molecular formula is C18H12F3N3O2. The van der Waals surface area contributed by atoms with Crippen molar-refractivity contribution in [2.75, 3.05) is 7.11 Å². The lowest BCUT2D eigenvalue weighted by Crippen LogP contribution is -2.06. The number of halogens is 3. The fraction of sp³-hybridized carbons (Fsp3) is 0.111. The van der Waals surface area contributed by atoms with Crippen LogP contribution in [0, 0.1) is 0 Å². The maximum atomic E-state index is 13.1. The van der Waals surface area contributed by atoms with Gasteiger partial charge >= 0.3 is 6.18 Å². The lowest BCUT2D eigenvalue weighted by molar-refractivity contribution is -0.141. The van der Waals surface area contributed by atoms with Gasteiger partial charge in [-0.25, -0.2) is 0 Å². The van der Waals surface area contributed by atoms with Crippen LogP contribution in [0.1, 0.15) is 5.69 Å². The van der Waals surface area contributed by atoms with E-state index in [1.54, 1.807) is 36.4 Å². The van der Waals surface area contributed by atoms with Crippen molar-refractivity contribution in [1.82, 2.24) is 14.6 Å². The molecule has 4 rings (SSSR count). The zero-order chi connectivity index (χ0) is 18.5. The van der Waals surface area contributed by atoms with Gasteiger partial charge in [0.05, 0.1) is 12.6 Å². The number of nitrogens with one attached hydrogen (secondary N) is 1. The topological polar surface area (TPSA) is 59.4 Å². The van der Waals surface area contributed by atoms with Crippen LogP contribution in [0.3, 0.4) is 0 Å². The van der Waals surface area contributed by atoms with E-state index in [1.165, 1.54) is 13.3 Å². The van der Waals surface area contributed by atoms with Crippen LogP contribution in [0.4, 0.5) is 13.2 Å². The summed E-state index contributed by atoms with van der Waals surface area (Å²) in [5.41, 5.74) is 0.263. The van der Waals surface area contributed by atoms with Crippen LogP contribution in [-0.2, 0) is 6.18 Å². The molecule has 0 saturated heterocycles. The van der Waals surface area contributed by atoms with Gasteiger partial charge in [0.15, 0.2) is 5.69 Å². The molecule has 4 aromatic rings. The summed E-state index contributed by atoms with van der Waals surface area (Å²) in [7, 11) is 1.37. The number of benzene rings is 1. The Labute approximate surface area is 144 Å². The van der Waals surface area contributed by atoms with E-state index in [9.17, 15) is 18.0 Å². The summed E-state index contributed by atoms with van der Waals surface area (Å²) in [5.74, 6) is 0.191. The summed E-state index contributed by atoms with van der Waals surface area (Å²) in [6.45, 7) is 0. The molecule has 0 aliphatic carbocycles. The van der Waals surface area contributed by atoms with Crippen molar-refractivity contribution in [3.63, 3.8) is 0 Å². The minimum absolute atomic E-state index is 0.191. The third-order valence-corrected chi connectivity index (χ3v) is 4.17. The van der Waals surface area contributed by atoms with Crippen molar-refractivity contribution in [3.8, 4) is 17.0 Å². The van der Waals surface area contributed by atoms with E-state index in [-0.39, 0.29) is 17.0 Å². The number of ether oxygens (including phenoxy) is 1. The molecule has 0 aliphatic rings. The van der Waals surface area contributed by atoms with E-state index < -0.39 is 11.9 Å². The molecule has 0 bridgehead atoms. The van der Waals surface area contributed by atoms with Crippen LogP contribution in [0.15, 0.2) is 53.5 Å². The fourth-order valence-corrected chi connectivity index (χ4v) is 2.95. The molecule has 26 heavy (non-hydrogen) atoms. The summed E-state index contributed by atoms with van der Waals surface area (Å²) in [4.78, 5) is 14.4. The Morgan fingerprint density at radius 2 is 1.92 bits per heavy atom. The Bertz CT molecular complexity index is 1190. The van der Waals surface area contributed by atoms with Crippen molar-refractivity contribution in [3.05, 3.63) is 64.7 Å². The third-order valence-electron chi connectivity index (χ3n) is 4.17. The van der Waals surface area contributed by atoms with Crippen molar-refractivity contribution in [2.24, 2.45) is 0 Å². The number of pyridine rings is 2. The standard InChI is InChI=1S/C18H12F3N3O2/c1-26-16-5-4-12(14-9-15(18(19,20)21)23-24(14)16)10-2-3-13-11(8-10)6-7-22-17(13)25/h2-9H,1H3,(H,22,25). The summed E-state index contributed by atoms with van der Waals surface area (Å²) >= 11 is 0. The third kappa shape index (κ3) is 2.50. The van der Waals surface area contributed by atoms with Gasteiger partial charge in [0, 0.05) is 23.2 Å². The molecule has 0 atom stereocenters. The van der Waals surface area contributed by atoms with E-state index in [0.29, 0.717) is 21.9 Å². The maximum absolute atomic E-state index is 13.1. The zero-order valence-electron chi connectivity index (χ0n) is 13.5. The first kappa shape index (κ1) is 16.2. The Balaban J connectivity index is 1.99. The van der Waals surface area contributed by atoms with E-state index in [2.05, 4.69) is 10.1 Å². The Kier molecular flexibility index (Phi) is 3.50. The number of aromatic amines is 1. The highest BCUT2D eigenvalue weighted by atomic mass is 19.4. The first-order valence-electron chi connectivity index (χ1n) is 7.64. The molecule has 0 unspecified atom stereocenters. The SMILES string of the molecule is COc1ccc(-c2ccc3c(=O)[nH]ccc3c2)c2cc(C(F)(F)F)nn12. The number of hydrogen-bond donors (Lipinski definition) is 1. The van der Waals surface area contributed by atoms with Gasteiger partial charge in [0.2, 0.25) is 5.88 Å². The number of fused-ring (bicyclic) bond motifs is 2. The van der Waals surface area contributed by atoms with Gasteiger partial charge in [0.25, 0.3) is 5.56 Å². The van der Waals surface area contributed by atoms with E-state index >= 15 is 0 Å². The van der Waals surface area contributed by atoms with E-state index in [1.807, 2.05) is 0 Å². The maximum Gasteiger partial charge on any atom is 0.435 e. The highest BCUT2D eigenvalue weighted by Crippen LogP contribution is 2.34. The number of rotatable bonds is 2. The summed E-state index contributed by atoms with van der Waals surface area (Å²) < 4.78 is 45.5. The van der Waals surface area contributed by atoms with Gasteiger partial charge < -0.3 is 9.72 Å². The molecule has 0 fully saturated rings. The number of methoxy groups -OCH3 is 1. The largest absolute Gasteiger partial charge is 0.481 e. The predicted molar refractivity (Wildman–Crippen MR) is 90.3 cm³/mol. The Hall–Kier alpha value is -3.29. The molecule has 1 aromatic carbocycles. The molecule has 8 heteroatoms. The lowest BCUT2D eigenvalue weighted by Gasteiger charge is -2.09. The lowest BCUT2D eigenvalue weighted by atomic mass is 10.0. The molecule has 5 nitrogen and oxygen atoms in total. The molecular weight excluding hydrogens is 347 g/mol. The van der Waals surface area contributed by atoms with Crippen molar-refractivity contribution in [1.29, 1.82) is 0 Å². The highest BCUT2D eigenvalue weighted by molar-refractivity contribution is 5.90. The Morgan fingerprint density at radius 1 is 1.12 bits per heavy atom. The van der Waals surface area contributed by atoms with Gasteiger partial charge in [-0.3, -0.25) is 4.79 Å². The molecule has 0 amide bonds. The van der Waals surface area contributed by atoms with Crippen LogP contribution in [0.25, 0.3) is 27.4 Å². The van der Waals surface area contributed by atoms with Crippen LogP contribution >= 0.6 is 0 Å². The second-order valence-corrected chi connectivity index (χ2v) is 5.72. The van der Waals surface area contributed by atoms with Crippen LogP contribution in [-0.4, -0.2) is 21.7 Å². The number of aromatic nitrogens is 3. The quantitative estimate of drug-likeness (QED) is 0.591. The van der Waals surface area contributed by atoms with E-state index in [4.69, 9.17) is 4.74 Å². The van der Waals surface area contributed by atoms with Crippen LogP contribution in [0.5, 0.6) is 5.88 Å². The molecule has 3 aromatic heterocycles. The van der Waals surface area contributed by atoms with Gasteiger partial charge in [-0.1, -0.05) is 6.07 Å². The minimum atomic E-state index is -4.56. The summed E-state index contributed by atoms with van der Waals surface area (Å²) in [6, 6.07) is 11.0. The molecule has 1 N–H and O–H groups in total. The number of nitrogens with zero attached hydrogens (tertiary/aromatic N) is 2. The number of alkyl halides is 3. The first-order valence-corrected chi connectivity index (χ1v) is 7.64. The minimum Gasteiger partial charge on any atom is -0.481 e. The number of hydrogen-bond acceptors (Lipinski definition) is 3. The predicted octanol–water partition coefficient (Wildman–Crippen LogP) is 3.87. The summed E-state index contributed by atoms with van der Waals surface area (Å²) in [5, 5.41) is 4.82. The highest BCUT2D eigenvalue weighted by Gasteiger charge is 2.34. The molecule has 0 spiro atoms. The fourth-order valence-electron chi connectivity index (χ4n) is 2.95. The van der Waals surface area contributed by atoms with Gasteiger partial charge in [-0.2, -0.15) is 22.8 Å². The number of H-pyrrole nitrogens is 1. The smallest absolute Gasteiger partial charge is 0.435 e. The monoisotopic (exact) mass is 359 g/mol. The van der Waals surface area contributed by atoms with Gasteiger partial charge in [-0.05, 0) is 41.3 Å². The average molecular weight is 359 g/mol. The zero-order valence-corrected chi connectivity index (χ0v) is 13.5.